The molecule has 0 aliphatic carbocycles. The molecule has 0 aromatic carbocycles. The van der Waals surface area contributed by atoms with Crippen molar-refractivity contribution in [2.75, 3.05) is 19.0 Å². The number of methoxy groups -OCH3 is 1. The summed E-state index contributed by atoms with van der Waals surface area (Å²) in [4.78, 5) is 8.68. The summed E-state index contributed by atoms with van der Waals surface area (Å²) in [6.45, 7) is 8.84. The number of ether oxygens (including phenoxy) is 1. The fourth-order valence-corrected chi connectivity index (χ4v) is 3.11. The van der Waals surface area contributed by atoms with Crippen LogP contribution in [0.25, 0.3) is 11.5 Å². The zero-order valence-electron chi connectivity index (χ0n) is 15.1. The zero-order chi connectivity index (χ0) is 18.1. The highest BCUT2D eigenvalue weighted by Gasteiger charge is 2.22. The van der Waals surface area contributed by atoms with Gasteiger partial charge in [0.25, 0.3) is 0 Å². The van der Waals surface area contributed by atoms with Gasteiger partial charge < -0.3 is 10.1 Å². The molecule has 3 heterocycles. The Labute approximate surface area is 152 Å². The van der Waals surface area contributed by atoms with Crippen molar-refractivity contribution >= 4 is 23.2 Å². The molecule has 1 unspecified atom stereocenters. The summed E-state index contributed by atoms with van der Waals surface area (Å²) in [5, 5.41) is 8.48. The van der Waals surface area contributed by atoms with Gasteiger partial charge in [0.15, 0.2) is 5.15 Å². The molecule has 1 N–H and O–H groups in total. The number of hydrogen-bond donors (Lipinski definition) is 1. The van der Waals surface area contributed by atoms with Crippen LogP contribution in [0.3, 0.4) is 0 Å². The molecule has 25 heavy (non-hydrogen) atoms. The average Bonchev–Trinajstić information content (AvgIpc) is 3.13. The molecule has 0 aliphatic heterocycles. The minimum atomic E-state index is 0.0759. The lowest BCUT2D eigenvalue weighted by Crippen LogP contribution is -2.24. The lowest BCUT2D eigenvalue weighted by molar-refractivity contribution is 0.190. The van der Waals surface area contributed by atoms with Gasteiger partial charge in [-0.2, -0.15) is 10.1 Å². The highest BCUT2D eigenvalue weighted by Crippen LogP contribution is 2.31. The predicted octanol–water partition coefficient (Wildman–Crippen LogP) is 3.45. The number of anilines is 1. The maximum Gasteiger partial charge on any atom is 0.236 e. The van der Waals surface area contributed by atoms with Crippen LogP contribution in [0.15, 0.2) is 18.5 Å². The Bertz CT molecular complexity index is 885. The summed E-state index contributed by atoms with van der Waals surface area (Å²) >= 11 is 6.55. The molecule has 0 amide bonds. The largest absolute Gasteiger partial charge is 0.383 e. The van der Waals surface area contributed by atoms with E-state index in [9.17, 15) is 0 Å². The van der Waals surface area contributed by atoms with E-state index in [1.165, 1.54) is 0 Å². The predicted molar refractivity (Wildman–Crippen MR) is 98.9 cm³/mol. The van der Waals surface area contributed by atoms with Crippen molar-refractivity contribution in [1.29, 1.82) is 0 Å². The molecule has 0 radical (unpaired) electrons. The fraction of sp³-hybridized carbons (Fsp3) is 0.471. The van der Waals surface area contributed by atoms with Gasteiger partial charge in [0.2, 0.25) is 5.78 Å². The molecular weight excluding hydrogens is 340 g/mol. The third-order valence-electron chi connectivity index (χ3n) is 3.94. The van der Waals surface area contributed by atoms with Crippen LogP contribution in [-0.2, 0) is 4.74 Å². The first-order chi connectivity index (χ1) is 11.9. The number of nitrogens with zero attached hydrogens (tertiary/aromatic N) is 5. The van der Waals surface area contributed by atoms with Gasteiger partial charge in [-0.05, 0) is 25.8 Å². The second kappa shape index (κ2) is 7.01. The van der Waals surface area contributed by atoms with Crippen molar-refractivity contribution in [3.05, 3.63) is 35.0 Å². The number of hydrogen-bond acceptors (Lipinski definition) is 5. The van der Waals surface area contributed by atoms with Gasteiger partial charge in [0.1, 0.15) is 11.5 Å². The molecule has 3 aromatic rings. The van der Waals surface area contributed by atoms with Gasteiger partial charge in [0, 0.05) is 31.2 Å². The van der Waals surface area contributed by atoms with Gasteiger partial charge in [0.05, 0.1) is 12.3 Å². The van der Waals surface area contributed by atoms with Crippen molar-refractivity contribution in [2.24, 2.45) is 0 Å². The Kier molecular flexibility index (Phi) is 4.96. The number of halogens is 1. The quantitative estimate of drug-likeness (QED) is 0.680. The topological polar surface area (TPSA) is 69.3 Å². The van der Waals surface area contributed by atoms with E-state index in [2.05, 4.69) is 40.3 Å². The van der Waals surface area contributed by atoms with Gasteiger partial charge in [-0.3, -0.25) is 4.40 Å². The van der Waals surface area contributed by atoms with E-state index in [4.69, 9.17) is 16.3 Å². The van der Waals surface area contributed by atoms with Crippen LogP contribution in [0.4, 0.5) is 5.82 Å². The first-order valence-corrected chi connectivity index (χ1v) is 8.65. The number of nitrogens with one attached hydrogen (secondary N) is 1. The van der Waals surface area contributed by atoms with Crippen LogP contribution in [0.5, 0.6) is 0 Å². The van der Waals surface area contributed by atoms with Crippen LogP contribution in [-0.4, -0.2) is 43.9 Å². The van der Waals surface area contributed by atoms with Gasteiger partial charge in [-0.25, -0.2) is 9.67 Å². The fourth-order valence-electron chi connectivity index (χ4n) is 2.87. The highest BCUT2D eigenvalue weighted by atomic mass is 35.5. The molecule has 0 spiro atoms. The number of aromatic nitrogens is 5. The molecule has 0 saturated heterocycles. The minimum absolute atomic E-state index is 0.0759. The summed E-state index contributed by atoms with van der Waals surface area (Å²) < 4.78 is 9.01. The van der Waals surface area contributed by atoms with E-state index in [1.54, 1.807) is 13.3 Å². The van der Waals surface area contributed by atoms with Crippen LogP contribution in [0, 0.1) is 6.92 Å². The number of aryl methyl sites for hydroxylation is 1. The number of imidazole rings is 1. The average molecular weight is 363 g/mol. The molecule has 7 nitrogen and oxygen atoms in total. The van der Waals surface area contributed by atoms with Crippen LogP contribution in [0.2, 0.25) is 5.15 Å². The van der Waals surface area contributed by atoms with Crippen molar-refractivity contribution in [1.82, 2.24) is 24.1 Å². The zero-order valence-corrected chi connectivity index (χ0v) is 15.9. The highest BCUT2D eigenvalue weighted by molar-refractivity contribution is 6.31. The molecule has 8 heteroatoms. The monoisotopic (exact) mass is 362 g/mol. The first-order valence-electron chi connectivity index (χ1n) is 8.27. The van der Waals surface area contributed by atoms with Crippen molar-refractivity contribution in [2.45, 2.75) is 39.7 Å². The lowest BCUT2D eigenvalue weighted by atomic mass is 10.1. The standard InChI is InChI=1S/C17H23ClN6O/c1-10(2)13-8-11(3)22-24(13)14-15(18)21-17-19-6-7-23(17)16(14)20-12(4)9-25-5/h6-8,10,12,20H,9H2,1-5H3. The summed E-state index contributed by atoms with van der Waals surface area (Å²) in [5.74, 6) is 1.62. The van der Waals surface area contributed by atoms with Crippen LogP contribution >= 0.6 is 11.6 Å². The van der Waals surface area contributed by atoms with Gasteiger partial charge in [-0.1, -0.05) is 25.4 Å². The smallest absolute Gasteiger partial charge is 0.236 e. The summed E-state index contributed by atoms with van der Waals surface area (Å²) in [5.41, 5.74) is 2.72. The summed E-state index contributed by atoms with van der Waals surface area (Å²) in [6.07, 6.45) is 3.56. The Morgan fingerprint density at radius 3 is 2.76 bits per heavy atom. The van der Waals surface area contributed by atoms with E-state index < -0.39 is 0 Å². The second-order valence-electron chi connectivity index (χ2n) is 6.47. The van der Waals surface area contributed by atoms with E-state index in [1.807, 2.05) is 29.1 Å². The third-order valence-corrected chi connectivity index (χ3v) is 4.21. The first kappa shape index (κ1) is 17.7. The van der Waals surface area contributed by atoms with Crippen molar-refractivity contribution in [3.63, 3.8) is 0 Å². The van der Waals surface area contributed by atoms with Crippen molar-refractivity contribution in [3.8, 4) is 5.69 Å². The maximum absolute atomic E-state index is 6.55. The summed E-state index contributed by atoms with van der Waals surface area (Å²) in [7, 11) is 1.68. The maximum atomic E-state index is 6.55. The normalized spacial score (nSPS) is 12.9. The Balaban J connectivity index is 2.25. The minimum Gasteiger partial charge on any atom is -0.383 e. The Morgan fingerprint density at radius 1 is 1.32 bits per heavy atom. The lowest BCUT2D eigenvalue weighted by Gasteiger charge is -2.21. The van der Waals surface area contributed by atoms with E-state index in [0.29, 0.717) is 29.1 Å². The van der Waals surface area contributed by atoms with E-state index in [0.717, 1.165) is 17.2 Å². The van der Waals surface area contributed by atoms with E-state index >= 15 is 0 Å². The Morgan fingerprint density at radius 2 is 2.08 bits per heavy atom. The molecule has 0 fully saturated rings. The molecule has 0 aliphatic rings. The molecule has 1 atom stereocenters. The second-order valence-corrected chi connectivity index (χ2v) is 6.83. The molecule has 3 aromatic heterocycles. The molecule has 0 saturated carbocycles. The SMILES string of the molecule is COCC(C)Nc1c(-n2nc(C)cc2C(C)C)c(Cl)nc2nccn12. The third kappa shape index (κ3) is 3.34. The molecule has 134 valence electrons. The molecular formula is C17H23ClN6O. The van der Waals surface area contributed by atoms with Crippen LogP contribution < -0.4 is 5.32 Å². The van der Waals surface area contributed by atoms with Crippen LogP contribution in [0.1, 0.15) is 38.1 Å². The summed E-state index contributed by atoms with van der Waals surface area (Å²) in [6, 6.07) is 2.15. The molecule has 0 bridgehead atoms. The van der Waals surface area contributed by atoms with Crippen molar-refractivity contribution < 1.29 is 4.74 Å². The number of rotatable bonds is 6. The molecule has 3 rings (SSSR count). The van der Waals surface area contributed by atoms with E-state index in [-0.39, 0.29) is 6.04 Å². The van der Waals surface area contributed by atoms with Gasteiger partial charge in [-0.15, -0.1) is 0 Å². The Hall–Kier alpha value is -2.12. The van der Waals surface area contributed by atoms with Gasteiger partial charge >= 0.3 is 0 Å². The number of fused-ring (bicyclic) bond motifs is 1.